The van der Waals surface area contributed by atoms with Gasteiger partial charge in [-0.25, -0.2) is 0 Å². The number of hydrogen-bond acceptors (Lipinski definition) is 3. The van der Waals surface area contributed by atoms with E-state index in [1.165, 1.54) is 19.3 Å². The molecule has 2 aromatic rings. The second kappa shape index (κ2) is 9.82. The monoisotopic (exact) mass is 394 g/mol. The summed E-state index contributed by atoms with van der Waals surface area (Å²) in [6.45, 7) is 7.93. The Morgan fingerprint density at radius 1 is 0.931 bits per heavy atom. The van der Waals surface area contributed by atoms with Crippen molar-refractivity contribution in [2.75, 3.05) is 18.5 Å². The molecular formula is C25H34N2O2. The Balaban J connectivity index is 1.84. The first-order valence-corrected chi connectivity index (χ1v) is 11.1. The summed E-state index contributed by atoms with van der Waals surface area (Å²) in [4.78, 5) is 15.3. The van der Waals surface area contributed by atoms with E-state index in [1.807, 2.05) is 41.3 Å². The minimum atomic E-state index is -0.541. The number of ether oxygens (including phenoxy) is 1. The van der Waals surface area contributed by atoms with Gasteiger partial charge in [0.05, 0.1) is 12.2 Å². The van der Waals surface area contributed by atoms with Crippen molar-refractivity contribution in [1.29, 1.82) is 0 Å². The Bertz CT molecular complexity index is 803. The number of hydrogen-bond donors (Lipinski definition) is 1. The molecule has 1 unspecified atom stereocenters. The highest BCUT2D eigenvalue weighted by Crippen LogP contribution is 2.40. The molecule has 0 bridgehead atoms. The summed E-state index contributed by atoms with van der Waals surface area (Å²) in [5, 5.41) is 3.69. The number of benzene rings is 2. The van der Waals surface area contributed by atoms with E-state index in [4.69, 9.17) is 4.74 Å². The van der Waals surface area contributed by atoms with E-state index in [9.17, 15) is 4.79 Å². The van der Waals surface area contributed by atoms with Gasteiger partial charge in [0.25, 0.3) is 5.91 Å². The van der Waals surface area contributed by atoms with Gasteiger partial charge in [0, 0.05) is 12.2 Å². The predicted octanol–water partition coefficient (Wildman–Crippen LogP) is 6.19. The molecule has 3 rings (SSSR count). The molecule has 0 spiro atoms. The van der Waals surface area contributed by atoms with Crippen LogP contribution in [0.15, 0.2) is 48.5 Å². The number of para-hydroxylation sites is 1. The van der Waals surface area contributed by atoms with Crippen molar-refractivity contribution >= 4 is 11.6 Å². The van der Waals surface area contributed by atoms with Gasteiger partial charge in [-0.2, -0.15) is 0 Å². The number of rotatable bonds is 10. The standard InChI is InChI=1S/C25H34N2O2/c1-4-7-8-11-19-29-21-16-14-20(15-17-21)25(6-3)26-23-13-10-9-12-22(23)24(28)27(25)18-5-2/h9-10,12-17,26H,4-8,11,18-19H2,1-3H3. The fourth-order valence-electron chi connectivity index (χ4n) is 4.16. The zero-order valence-corrected chi connectivity index (χ0v) is 18.0. The SMILES string of the molecule is CCCCCCOc1ccc(C2(CC)Nc3ccccc3C(=O)N2CCC)cc1. The molecular weight excluding hydrogens is 360 g/mol. The van der Waals surface area contributed by atoms with E-state index < -0.39 is 5.66 Å². The van der Waals surface area contributed by atoms with E-state index in [1.54, 1.807) is 0 Å². The maximum atomic E-state index is 13.3. The average molecular weight is 395 g/mol. The van der Waals surface area contributed by atoms with Crippen LogP contribution in [-0.2, 0) is 5.66 Å². The maximum absolute atomic E-state index is 13.3. The Hall–Kier alpha value is -2.49. The van der Waals surface area contributed by atoms with Crippen LogP contribution < -0.4 is 10.1 Å². The molecule has 0 fully saturated rings. The summed E-state index contributed by atoms with van der Waals surface area (Å²) in [6, 6.07) is 16.1. The Morgan fingerprint density at radius 3 is 2.38 bits per heavy atom. The number of fused-ring (bicyclic) bond motifs is 1. The fraction of sp³-hybridized carbons (Fsp3) is 0.480. The highest BCUT2D eigenvalue weighted by molar-refractivity contribution is 6.02. The first kappa shape index (κ1) is 21.2. The molecule has 29 heavy (non-hydrogen) atoms. The lowest BCUT2D eigenvalue weighted by Crippen LogP contribution is -2.57. The van der Waals surface area contributed by atoms with Gasteiger partial charge < -0.3 is 15.0 Å². The van der Waals surface area contributed by atoms with E-state index in [2.05, 4.69) is 38.2 Å². The van der Waals surface area contributed by atoms with Crippen molar-refractivity contribution in [2.45, 2.75) is 65.0 Å². The van der Waals surface area contributed by atoms with Crippen LogP contribution in [-0.4, -0.2) is 24.0 Å². The Labute approximate surface area is 175 Å². The number of nitrogens with one attached hydrogen (secondary N) is 1. The molecule has 0 saturated heterocycles. The molecule has 1 amide bonds. The smallest absolute Gasteiger partial charge is 0.258 e. The number of nitrogens with zero attached hydrogens (tertiary/aromatic N) is 1. The predicted molar refractivity (Wildman–Crippen MR) is 119 cm³/mol. The van der Waals surface area contributed by atoms with Crippen LogP contribution in [0.25, 0.3) is 0 Å². The van der Waals surface area contributed by atoms with Crippen LogP contribution in [0, 0.1) is 0 Å². The summed E-state index contributed by atoms with van der Waals surface area (Å²) in [6.07, 6.45) is 6.49. The third-order valence-electron chi connectivity index (χ3n) is 5.76. The molecule has 4 nitrogen and oxygen atoms in total. The van der Waals surface area contributed by atoms with Gasteiger partial charge in [-0.1, -0.05) is 64.3 Å². The quantitative estimate of drug-likeness (QED) is 0.489. The number of amides is 1. The Kier molecular flexibility index (Phi) is 7.18. The fourth-order valence-corrected chi connectivity index (χ4v) is 4.16. The second-order valence-electron chi connectivity index (χ2n) is 7.77. The number of unbranched alkanes of at least 4 members (excludes halogenated alkanes) is 3. The zero-order valence-electron chi connectivity index (χ0n) is 18.0. The number of carbonyl (C=O) groups is 1. The molecule has 0 saturated carbocycles. The molecule has 4 heteroatoms. The van der Waals surface area contributed by atoms with Gasteiger partial charge in [-0.3, -0.25) is 4.79 Å². The molecule has 156 valence electrons. The lowest BCUT2D eigenvalue weighted by Gasteiger charge is -2.48. The molecule has 1 heterocycles. The lowest BCUT2D eigenvalue weighted by molar-refractivity contribution is 0.0483. The third-order valence-corrected chi connectivity index (χ3v) is 5.76. The molecule has 1 atom stereocenters. The van der Waals surface area contributed by atoms with Crippen molar-refractivity contribution in [1.82, 2.24) is 4.90 Å². The van der Waals surface area contributed by atoms with Gasteiger partial charge in [0.1, 0.15) is 11.4 Å². The van der Waals surface area contributed by atoms with Gasteiger partial charge in [0.2, 0.25) is 0 Å². The third kappa shape index (κ3) is 4.42. The number of anilines is 1. The first-order chi connectivity index (χ1) is 14.2. The summed E-state index contributed by atoms with van der Waals surface area (Å²) >= 11 is 0. The van der Waals surface area contributed by atoms with Crippen LogP contribution in [0.5, 0.6) is 5.75 Å². The average Bonchev–Trinajstić information content (AvgIpc) is 2.76. The van der Waals surface area contributed by atoms with E-state index in [-0.39, 0.29) is 5.91 Å². The van der Waals surface area contributed by atoms with Crippen LogP contribution >= 0.6 is 0 Å². The van der Waals surface area contributed by atoms with Crippen molar-refractivity contribution < 1.29 is 9.53 Å². The zero-order chi connectivity index (χ0) is 20.7. The summed E-state index contributed by atoms with van der Waals surface area (Å²) in [7, 11) is 0. The van der Waals surface area contributed by atoms with E-state index in [0.717, 1.165) is 48.4 Å². The van der Waals surface area contributed by atoms with Crippen molar-refractivity contribution in [3.05, 3.63) is 59.7 Å². The summed E-state index contributed by atoms with van der Waals surface area (Å²) in [5.41, 5.74) is 2.20. The van der Waals surface area contributed by atoms with E-state index >= 15 is 0 Å². The van der Waals surface area contributed by atoms with Gasteiger partial charge >= 0.3 is 0 Å². The second-order valence-corrected chi connectivity index (χ2v) is 7.77. The van der Waals surface area contributed by atoms with Gasteiger partial charge in [-0.05, 0) is 49.1 Å². The van der Waals surface area contributed by atoms with Crippen LogP contribution in [0.1, 0.15) is 75.2 Å². The lowest BCUT2D eigenvalue weighted by atomic mass is 9.89. The summed E-state index contributed by atoms with van der Waals surface area (Å²) < 4.78 is 5.91. The van der Waals surface area contributed by atoms with Gasteiger partial charge in [0.15, 0.2) is 0 Å². The minimum absolute atomic E-state index is 0.0966. The first-order valence-electron chi connectivity index (χ1n) is 11.1. The summed E-state index contributed by atoms with van der Waals surface area (Å²) in [5.74, 6) is 0.986. The topological polar surface area (TPSA) is 41.6 Å². The number of carbonyl (C=O) groups excluding carboxylic acids is 1. The van der Waals surface area contributed by atoms with Gasteiger partial charge in [-0.15, -0.1) is 0 Å². The van der Waals surface area contributed by atoms with E-state index in [0.29, 0.717) is 6.54 Å². The minimum Gasteiger partial charge on any atom is -0.494 e. The normalized spacial score (nSPS) is 18.3. The van der Waals surface area contributed by atoms with Crippen molar-refractivity contribution in [3.63, 3.8) is 0 Å². The molecule has 0 aliphatic carbocycles. The highest BCUT2D eigenvalue weighted by Gasteiger charge is 2.44. The molecule has 0 aromatic heterocycles. The maximum Gasteiger partial charge on any atom is 0.258 e. The molecule has 1 N–H and O–H groups in total. The molecule has 0 radical (unpaired) electrons. The highest BCUT2D eigenvalue weighted by atomic mass is 16.5. The van der Waals surface area contributed by atoms with Crippen LogP contribution in [0.2, 0.25) is 0 Å². The molecule has 1 aliphatic rings. The largest absolute Gasteiger partial charge is 0.494 e. The van der Waals surface area contributed by atoms with Crippen molar-refractivity contribution in [3.8, 4) is 5.75 Å². The van der Waals surface area contributed by atoms with Crippen LogP contribution in [0.4, 0.5) is 5.69 Å². The molecule has 2 aromatic carbocycles. The van der Waals surface area contributed by atoms with Crippen LogP contribution in [0.3, 0.4) is 0 Å². The van der Waals surface area contributed by atoms with Crippen molar-refractivity contribution in [2.24, 2.45) is 0 Å². The molecule has 1 aliphatic heterocycles. The Morgan fingerprint density at radius 2 is 1.69 bits per heavy atom.